The molecule has 36 heavy (non-hydrogen) atoms. The molecule has 0 fully saturated rings. The molecule has 1 aliphatic heterocycles. The molecule has 1 aliphatic rings. The Kier molecular flexibility index (Phi) is 10.9. The molecule has 0 bridgehead atoms. The second kappa shape index (κ2) is 15.1. The first-order valence-corrected chi connectivity index (χ1v) is 13.1. The summed E-state index contributed by atoms with van der Waals surface area (Å²) in [6.07, 6.45) is 2.82. The van der Waals surface area contributed by atoms with Crippen LogP contribution in [0.3, 0.4) is 0 Å². The van der Waals surface area contributed by atoms with Crippen molar-refractivity contribution in [1.29, 1.82) is 0 Å². The lowest BCUT2D eigenvalue weighted by atomic mass is 10.2. The second-order valence-electron chi connectivity index (χ2n) is 8.96. The first-order chi connectivity index (χ1) is 17.9. The highest BCUT2D eigenvalue weighted by Gasteiger charge is 2.06. The highest BCUT2D eigenvalue weighted by molar-refractivity contribution is 5.34. The fourth-order valence-electron chi connectivity index (χ4n) is 4.18. The Hall–Kier alpha value is -3.06. The van der Waals surface area contributed by atoms with Crippen molar-refractivity contribution in [1.82, 2.24) is 16.0 Å². The fraction of sp³-hybridized carbons (Fsp3) is 0.400. The van der Waals surface area contributed by atoms with Crippen molar-refractivity contribution in [2.24, 2.45) is 0 Å². The molecule has 0 atom stereocenters. The SMILES string of the molecule is c1ccc2c(c1)CNCCCOc1ccccc1CNCCCOc1ccccc1CNCCCO2. The summed E-state index contributed by atoms with van der Waals surface area (Å²) in [6, 6.07) is 24.8. The quantitative estimate of drug-likeness (QED) is 0.426. The highest BCUT2D eigenvalue weighted by Crippen LogP contribution is 2.20. The van der Waals surface area contributed by atoms with Crippen molar-refractivity contribution >= 4 is 0 Å². The molecule has 0 aliphatic carbocycles. The van der Waals surface area contributed by atoms with E-state index in [0.29, 0.717) is 19.8 Å². The zero-order valence-corrected chi connectivity index (χ0v) is 21.1. The minimum atomic E-state index is 0.683. The summed E-state index contributed by atoms with van der Waals surface area (Å²) >= 11 is 0. The third-order valence-corrected chi connectivity index (χ3v) is 6.13. The van der Waals surface area contributed by atoms with Gasteiger partial charge in [0.2, 0.25) is 0 Å². The average Bonchev–Trinajstić information content (AvgIpc) is 2.91. The molecular weight excluding hydrogens is 450 g/mol. The summed E-state index contributed by atoms with van der Waals surface area (Å²) in [5.41, 5.74) is 3.55. The van der Waals surface area contributed by atoms with E-state index in [1.54, 1.807) is 0 Å². The molecule has 192 valence electrons. The van der Waals surface area contributed by atoms with Crippen LogP contribution in [0.25, 0.3) is 0 Å². The van der Waals surface area contributed by atoms with Gasteiger partial charge in [-0.25, -0.2) is 0 Å². The predicted molar refractivity (Wildman–Crippen MR) is 145 cm³/mol. The predicted octanol–water partition coefficient (Wildman–Crippen LogP) is 4.68. The Morgan fingerprint density at radius 1 is 0.417 bits per heavy atom. The van der Waals surface area contributed by atoms with Gasteiger partial charge in [-0.2, -0.15) is 0 Å². The van der Waals surface area contributed by atoms with Crippen molar-refractivity contribution in [3.63, 3.8) is 0 Å². The van der Waals surface area contributed by atoms with Gasteiger partial charge in [-0.1, -0.05) is 54.6 Å². The Labute approximate surface area is 215 Å². The Morgan fingerprint density at radius 3 is 1.06 bits per heavy atom. The van der Waals surface area contributed by atoms with Gasteiger partial charge in [0.1, 0.15) is 17.2 Å². The summed E-state index contributed by atoms with van der Waals surface area (Å²) in [6.45, 7) is 7.07. The van der Waals surface area contributed by atoms with Gasteiger partial charge in [-0.05, 0) is 57.1 Å². The van der Waals surface area contributed by atoms with Gasteiger partial charge < -0.3 is 30.2 Å². The van der Waals surface area contributed by atoms with E-state index in [-0.39, 0.29) is 0 Å². The van der Waals surface area contributed by atoms with Crippen molar-refractivity contribution in [3.8, 4) is 17.2 Å². The van der Waals surface area contributed by atoms with Crippen molar-refractivity contribution < 1.29 is 14.2 Å². The molecule has 6 nitrogen and oxygen atoms in total. The van der Waals surface area contributed by atoms with E-state index in [9.17, 15) is 0 Å². The zero-order valence-electron chi connectivity index (χ0n) is 21.1. The summed E-state index contributed by atoms with van der Waals surface area (Å²) in [5, 5.41) is 10.6. The second-order valence-corrected chi connectivity index (χ2v) is 8.96. The number of nitrogens with one attached hydrogen (secondary N) is 3. The van der Waals surface area contributed by atoms with E-state index in [1.165, 1.54) is 16.7 Å². The van der Waals surface area contributed by atoms with E-state index in [4.69, 9.17) is 14.2 Å². The van der Waals surface area contributed by atoms with Crippen LogP contribution < -0.4 is 30.2 Å². The Bertz CT molecular complexity index is 830. The Balaban J connectivity index is 1.35. The molecule has 3 aromatic rings. The number of hydrogen-bond donors (Lipinski definition) is 3. The van der Waals surface area contributed by atoms with Crippen LogP contribution in [0.2, 0.25) is 0 Å². The molecule has 3 N–H and O–H groups in total. The molecule has 0 amide bonds. The van der Waals surface area contributed by atoms with Gasteiger partial charge in [-0.15, -0.1) is 0 Å². The Morgan fingerprint density at radius 2 is 0.722 bits per heavy atom. The molecule has 0 spiro atoms. The number of ether oxygens (including phenoxy) is 3. The van der Waals surface area contributed by atoms with Gasteiger partial charge in [0, 0.05) is 36.3 Å². The van der Waals surface area contributed by atoms with E-state index >= 15 is 0 Å². The number of hydrogen-bond acceptors (Lipinski definition) is 6. The smallest absolute Gasteiger partial charge is 0.123 e. The van der Waals surface area contributed by atoms with Crippen LogP contribution in [0.5, 0.6) is 17.2 Å². The molecule has 0 aromatic heterocycles. The standard InChI is InChI=1S/C30H39N3O3/c1-4-13-28-25(10-1)22-31-16-7-20-35-29-14-5-2-12-27(29)24-33-18-9-21-36-30-15-6-3-11-26(30)23-32-17-8-19-34-28/h1-6,10-15,31-33H,7-9,16-24H2. The first kappa shape index (κ1) is 26.0. The maximum atomic E-state index is 6.10. The number of fused-ring (bicyclic) bond motifs is 3. The lowest BCUT2D eigenvalue weighted by Gasteiger charge is -2.15. The van der Waals surface area contributed by atoms with Gasteiger partial charge in [-0.3, -0.25) is 0 Å². The monoisotopic (exact) mass is 489 g/mol. The van der Waals surface area contributed by atoms with Crippen LogP contribution in [-0.2, 0) is 19.6 Å². The summed E-state index contributed by atoms with van der Waals surface area (Å²) in [4.78, 5) is 0. The molecule has 0 saturated heterocycles. The first-order valence-electron chi connectivity index (χ1n) is 13.1. The van der Waals surface area contributed by atoms with Gasteiger partial charge in [0.15, 0.2) is 0 Å². The van der Waals surface area contributed by atoms with Crippen LogP contribution >= 0.6 is 0 Å². The molecule has 0 saturated carbocycles. The maximum absolute atomic E-state index is 6.10. The molecular formula is C30H39N3O3. The number of rotatable bonds is 0. The van der Waals surface area contributed by atoms with Crippen molar-refractivity contribution in [3.05, 3.63) is 89.5 Å². The lowest BCUT2D eigenvalue weighted by molar-refractivity contribution is 0.296. The fourth-order valence-corrected chi connectivity index (χ4v) is 4.18. The van der Waals surface area contributed by atoms with E-state index in [1.807, 2.05) is 18.2 Å². The largest absolute Gasteiger partial charge is 0.493 e. The molecule has 1 heterocycles. The summed E-state index contributed by atoms with van der Waals surface area (Å²) in [5.74, 6) is 2.86. The minimum Gasteiger partial charge on any atom is -0.493 e. The highest BCUT2D eigenvalue weighted by atomic mass is 16.5. The van der Waals surface area contributed by atoms with Gasteiger partial charge in [0.05, 0.1) is 19.8 Å². The third-order valence-electron chi connectivity index (χ3n) is 6.13. The molecule has 6 heteroatoms. The van der Waals surface area contributed by atoms with Crippen LogP contribution in [0.4, 0.5) is 0 Å². The van der Waals surface area contributed by atoms with E-state index in [0.717, 1.165) is 75.8 Å². The molecule has 3 aromatic carbocycles. The zero-order chi connectivity index (χ0) is 24.7. The number of benzene rings is 3. The van der Waals surface area contributed by atoms with Gasteiger partial charge in [0.25, 0.3) is 0 Å². The lowest BCUT2D eigenvalue weighted by Crippen LogP contribution is -2.20. The topological polar surface area (TPSA) is 63.8 Å². The molecule has 0 radical (unpaired) electrons. The number of para-hydroxylation sites is 3. The normalized spacial score (nSPS) is 17.0. The minimum absolute atomic E-state index is 0.683. The average molecular weight is 490 g/mol. The summed E-state index contributed by atoms with van der Waals surface area (Å²) in [7, 11) is 0. The van der Waals surface area contributed by atoms with Crippen LogP contribution in [0.1, 0.15) is 36.0 Å². The van der Waals surface area contributed by atoms with Crippen LogP contribution in [0.15, 0.2) is 72.8 Å². The third kappa shape index (κ3) is 8.55. The van der Waals surface area contributed by atoms with E-state index in [2.05, 4.69) is 70.5 Å². The molecule has 4 rings (SSSR count). The summed E-state index contributed by atoms with van der Waals surface area (Å²) < 4.78 is 18.3. The van der Waals surface area contributed by atoms with E-state index < -0.39 is 0 Å². The van der Waals surface area contributed by atoms with Crippen molar-refractivity contribution in [2.75, 3.05) is 39.5 Å². The maximum Gasteiger partial charge on any atom is 0.123 e. The van der Waals surface area contributed by atoms with Crippen molar-refractivity contribution in [2.45, 2.75) is 38.9 Å². The van der Waals surface area contributed by atoms with Crippen LogP contribution in [0, 0.1) is 0 Å². The molecule has 0 unspecified atom stereocenters. The van der Waals surface area contributed by atoms with Gasteiger partial charge >= 0.3 is 0 Å². The van der Waals surface area contributed by atoms with Crippen LogP contribution in [-0.4, -0.2) is 39.5 Å².